The Morgan fingerprint density at radius 2 is 1.74 bits per heavy atom. The van der Waals surface area contributed by atoms with E-state index in [0.717, 1.165) is 18.3 Å². The average molecular weight is 610 g/mol. The van der Waals surface area contributed by atoms with Gasteiger partial charge < -0.3 is 15.4 Å². The number of benzene rings is 2. The van der Waals surface area contributed by atoms with Crippen LogP contribution in [0, 0.1) is 5.82 Å². The van der Waals surface area contributed by atoms with Gasteiger partial charge in [0.25, 0.3) is 0 Å². The summed E-state index contributed by atoms with van der Waals surface area (Å²) < 4.78 is 96.3. The number of hydrogen-bond acceptors (Lipinski definition) is 4. The van der Waals surface area contributed by atoms with Gasteiger partial charge in [-0.1, -0.05) is 18.2 Å². The van der Waals surface area contributed by atoms with Crippen molar-refractivity contribution in [2.75, 3.05) is 26.2 Å². The van der Waals surface area contributed by atoms with Crippen LogP contribution in [0.15, 0.2) is 66.9 Å². The van der Waals surface area contributed by atoms with Crippen molar-refractivity contribution in [2.45, 2.75) is 37.3 Å². The van der Waals surface area contributed by atoms with Crippen LogP contribution in [0.3, 0.4) is 0 Å². The lowest BCUT2D eigenvalue weighted by molar-refractivity contribution is -0.274. The molecule has 0 aliphatic carbocycles. The van der Waals surface area contributed by atoms with Crippen LogP contribution in [-0.4, -0.2) is 43.6 Å². The molecule has 0 saturated carbocycles. The normalized spacial score (nSPS) is 19.9. The number of aromatic nitrogens is 1. The van der Waals surface area contributed by atoms with Crippen molar-refractivity contribution in [2.24, 2.45) is 0 Å². The molecule has 2 amide bonds. The molecule has 1 saturated heterocycles. The molecule has 5 rings (SSSR count). The highest BCUT2D eigenvalue weighted by Crippen LogP contribution is 2.51. The Labute approximate surface area is 242 Å². The zero-order chi connectivity index (χ0) is 30.9. The SMILES string of the molecule is O=C(NCc1ccnc(C(F)(F)F)c1)[N+]1(C/C=C/c2ccc(F)cc2)CC2(CCNCC2)c2cc(OC(F)(F)F)ccc21. The third-order valence-electron chi connectivity index (χ3n) is 7.91. The molecule has 1 unspecified atom stereocenters. The number of quaternary nitrogens is 1. The van der Waals surface area contributed by atoms with Gasteiger partial charge in [-0.15, -0.1) is 13.2 Å². The van der Waals surface area contributed by atoms with Crippen LogP contribution in [0.1, 0.15) is 35.2 Å². The van der Waals surface area contributed by atoms with Crippen LogP contribution in [-0.2, 0) is 18.1 Å². The monoisotopic (exact) mass is 609 g/mol. The third kappa shape index (κ3) is 6.67. The number of alkyl halides is 6. The third-order valence-corrected chi connectivity index (χ3v) is 7.91. The molecule has 3 heterocycles. The molecular formula is C30H28F7N4O2+. The summed E-state index contributed by atoms with van der Waals surface area (Å²) in [4.78, 5) is 17.5. The second-order valence-electron chi connectivity index (χ2n) is 10.7. The number of hydrogen-bond donors (Lipinski definition) is 2. The number of nitrogens with one attached hydrogen (secondary N) is 2. The molecule has 6 nitrogen and oxygen atoms in total. The van der Waals surface area contributed by atoms with Gasteiger partial charge in [0.05, 0.1) is 5.41 Å². The molecule has 2 N–H and O–H groups in total. The lowest BCUT2D eigenvalue weighted by Crippen LogP contribution is -2.60. The maximum absolute atomic E-state index is 14.1. The molecule has 1 spiro atoms. The van der Waals surface area contributed by atoms with Gasteiger partial charge in [0, 0.05) is 24.4 Å². The summed E-state index contributed by atoms with van der Waals surface area (Å²) in [6.45, 7) is 1.21. The van der Waals surface area contributed by atoms with Gasteiger partial charge in [-0.25, -0.2) is 13.7 Å². The highest BCUT2D eigenvalue weighted by Gasteiger charge is 2.57. The van der Waals surface area contributed by atoms with Crippen molar-refractivity contribution in [1.82, 2.24) is 20.1 Å². The van der Waals surface area contributed by atoms with Gasteiger partial charge in [0.1, 0.15) is 36.0 Å². The van der Waals surface area contributed by atoms with Crippen molar-refractivity contribution in [3.05, 3.63) is 95.1 Å². The summed E-state index contributed by atoms with van der Waals surface area (Å²) in [5.74, 6) is -0.814. The van der Waals surface area contributed by atoms with Crippen LogP contribution in [0.25, 0.3) is 6.08 Å². The van der Waals surface area contributed by atoms with Crippen LogP contribution < -0.4 is 19.9 Å². The van der Waals surface area contributed by atoms with E-state index in [1.165, 1.54) is 30.3 Å². The summed E-state index contributed by atoms with van der Waals surface area (Å²) in [5.41, 5.74) is 0.129. The second-order valence-corrected chi connectivity index (χ2v) is 10.7. The predicted octanol–water partition coefficient (Wildman–Crippen LogP) is 6.70. The van der Waals surface area contributed by atoms with Gasteiger partial charge in [0.2, 0.25) is 0 Å². The number of ether oxygens (including phenoxy) is 1. The van der Waals surface area contributed by atoms with E-state index >= 15 is 0 Å². The van der Waals surface area contributed by atoms with E-state index in [4.69, 9.17) is 0 Å². The molecule has 1 aromatic heterocycles. The molecule has 0 radical (unpaired) electrons. The van der Waals surface area contributed by atoms with Gasteiger partial charge in [-0.05, 0) is 79.5 Å². The van der Waals surface area contributed by atoms with Crippen LogP contribution in [0.5, 0.6) is 5.75 Å². The Hall–Kier alpha value is -3.97. The van der Waals surface area contributed by atoms with Gasteiger partial charge in [0.15, 0.2) is 0 Å². The highest BCUT2D eigenvalue weighted by atomic mass is 19.4. The van der Waals surface area contributed by atoms with E-state index in [0.29, 0.717) is 42.7 Å². The van der Waals surface area contributed by atoms with E-state index in [1.807, 2.05) is 0 Å². The number of urea groups is 1. The Morgan fingerprint density at radius 3 is 2.42 bits per heavy atom. The fourth-order valence-corrected chi connectivity index (χ4v) is 5.97. The Morgan fingerprint density at radius 1 is 1.02 bits per heavy atom. The second kappa shape index (κ2) is 11.6. The predicted molar refractivity (Wildman–Crippen MR) is 145 cm³/mol. The molecule has 228 valence electrons. The Balaban J connectivity index is 1.53. The summed E-state index contributed by atoms with van der Waals surface area (Å²) in [6.07, 6.45) is -4.03. The van der Waals surface area contributed by atoms with Crippen LogP contribution >= 0.6 is 0 Å². The largest absolute Gasteiger partial charge is 0.573 e. The van der Waals surface area contributed by atoms with Gasteiger partial charge in [-0.3, -0.25) is 4.98 Å². The molecule has 2 aromatic carbocycles. The van der Waals surface area contributed by atoms with Gasteiger partial charge >= 0.3 is 18.6 Å². The first-order chi connectivity index (χ1) is 20.3. The standard InChI is InChI=1S/C30H27F7N4O2/c31-22-5-3-20(4-6-22)2-1-15-41(27(42)40-18-21-9-12-39-26(16-21)29(32,33)34)19-28(10-13-38-14-11-28)24-17-23(7-8-25(24)41)43-30(35,36)37/h1-9,12,16-17,38H,10-11,13-15,18-19H2/p+1/b2-1+. The number of fused-ring (bicyclic) bond motifs is 2. The van der Waals surface area contributed by atoms with Crippen LogP contribution in [0.2, 0.25) is 0 Å². The molecular weight excluding hydrogens is 581 g/mol. The van der Waals surface area contributed by atoms with E-state index in [1.54, 1.807) is 24.3 Å². The zero-order valence-electron chi connectivity index (χ0n) is 22.7. The molecule has 13 heteroatoms. The molecule has 43 heavy (non-hydrogen) atoms. The maximum Gasteiger partial charge on any atom is 0.573 e. The number of rotatable bonds is 6. The zero-order valence-corrected chi connectivity index (χ0v) is 22.7. The number of nitrogens with zero attached hydrogens (tertiary/aromatic N) is 2. The number of carbonyl (C=O) groups is 1. The topological polar surface area (TPSA) is 63.2 Å². The van der Waals surface area contributed by atoms with E-state index in [2.05, 4.69) is 20.4 Å². The number of halogens is 7. The quantitative estimate of drug-likeness (QED) is 0.241. The van der Waals surface area contributed by atoms with Crippen molar-refractivity contribution in [3.8, 4) is 5.75 Å². The molecule has 0 bridgehead atoms. The number of piperidine rings is 1. The molecule has 1 fully saturated rings. The minimum Gasteiger partial charge on any atom is -0.406 e. The molecule has 1 atom stereocenters. The first-order valence-electron chi connectivity index (χ1n) is 13.5. The summed E-state index contributed by atoms with van der Waals surface area (Å²) in [5, 5.41) is 6.01. The van der Waals surface area contributed by atoms with Crippen LogP contribution in [0.4, 0.5) is 41.2 Å². The van der Waals surface area contributed by atoms with E-state index < -0.39 is 41.2 Å². The average Bonchev–Trinajstić information content (AvgIpc) is 3.21. The summed E-state index contributed by atoms with van der Waals surface area (Å²) in [6, 6.07) is 11.3. The molecule has 2 aliphatic heterocycles. The number of carbonyl (C=O) groups excluding carboxylic acids is 1. The van der Waals surface area contributed by atoms with Crippen molar-refractivity contribution >= 4 is 17.8 Å². The fraction of sp³-hybridized carbons (Fsp3) is 0.333. The first kappa shape index (κ1) is 30.5. The van der Waals surface area contributed by atoms with E-state index in [9.17, 15) is 35.5 Å². The lowest BCUT2D eigenvalue weighted by Gasteiger charge is -2.36. The number of amides is 2. The van der Waals surface area contributed by atoms with Crippen molar-refractivity contribution < 1.29 is 40.3 Å². The fourth-order valence-electron chi connectivity index (χ4n) is 5.97. The Bertz CT molecular complexity index is 1500. The Kier molecular flexibility index (Phi) is 8.23. The molecule has 3 aromatic rings. The minimum absolute atomic E-state index is 0.0784. The highest BCUT2D eigenvalue weighted by molar-refractivity contribution is 5.91. The number of pyridine rings is 1. The van der Waals surface area contributed by atoms with Gasteiger partial charge in [-0.2, -0.15) is 13.2 Å². The smallest absolute Gasteiger partial charge is 0.406 e. The molecule has 2 aliphatic rings. The lowest BCUT2D eigenvalue weighted by atomic mass is 9.74. The summed E-state index contributed by atoms with van der Waals surface area (Å²) >= 11 is 0. The minimum atomic E-state index is -4.91. The summed E-state index contributed by atoms with van der Waals surface area (Å²) in [7, 11) is 0. The van der Waals surface area contributed by atoms with Crippen molar-refractivity contribution in [1.29, 1.82) is 0 Å². The maximum atomic E-state index is 14.1. The van der Waals surface area contributed by atoms with E-state index in [-0.39, 0.29) is 29.7 Å². The van der Waals surface area contributed by atoms with Crippen molar-refractivity contribution in [3.63, 3.8) is 0 Å². The first-order valence-corrected chi connectivity index (χ1v) is 13.5.